The SMILES string of the molecule is CC(C)n1cncc1CNC(C)(CO)c1ccccc1. The maximum atomic E-state index is 9.76. The summed E-state index contributed by atoms with van der Waals surface area (Å²) >= 11 is 0. The Hall–Kier alpha value is -1.65. The topological polar surface area (TPSA) is 50.1 Å². The number of hydrogen-bond donors (Lipinski definition) is 2. The van der Waals surface area contributed by atoms with Crippen LogP contribution < -0.4 is 5.32 Å². The maximum Gasteiger partial charge on any atom is 0.0951 e. The molecule has 2 aromatic rings. The fourth-order valence-corrected chi connectivity index (χ4v) is 2.27. The van der Waals surface area contributed by atoms with Crippen LogP contribution in [0.3, 0.4) is 0 Å². The summed E-state index contributed by atoms with van der Waals surface area (Å²) in [5.41, 5.74) is 1.75. The Morgan fingerprint density at radius 3 is 2.60 bits per heavy atom. The molecule has 108 valence electrons. The van der Waals surface area contributed by atoms with Crippen LogP contribution in [-0.4, -0.2) is 21.3 Å². The predicted octanol–water partition coefficient (Wildman–Crippen LogP) is 2.46. The van der Waals surface area contributed by atoms with Gasteiger partial charge in [-0.15, -0.1) is 0 Å². The minimum atomic E-state index is -0.451. The molecule has 0 spiro atoms. The quantitative estimate of drug-likeness (QED) is 0.850. The molecule has 4 nitrogen and oxygen atoms in total. The largest absolute Gasteiger partial charge is 0.394 e. The smallest absolute Gasteiger partial charge is 0.0951 e. The van der Waals surface area contributed by atoms with Crippen molar-refractivity contribution in [3.05, 3.63) is 54.1 Å². The molecule has 1 unspecified atom stereocenters. The van der Waals surface area contributed by atoms with Crippen molar-refractivity contribution in [1.82, 2.24) is 14.9 Å². The number of imidazole rings is 1. The molecule has 0 aliphatic rings. The number of aliphatic hydroxyl groups excluding tert-OH is 1. The highest BCUT2D eigenvalue weighted by molar-refractivity contribution is 5.24. The Morgan fingerprint density at radius 1 is 1.30 bits per heavy atom. The summed E-state index contributed by atoms with van der Waals surface area (Å²) in [7, 11) is 0. The van der Waals surface area contributed by atoms with Crippen LogP contribution in [0.4, 0.5) is 0 Å². The van der Waals surface area contributed by atoms with Crippen LogP contribution in [0.2, 0.25) is 0 Å². The molecule has 0 aliphatic carbocycles. The molecule has 0 fully saturated rings. The van der Waals surface area contributed by atoms with Crippen LogP contribution in [0.25, 0.3) is 0 Å². The molecular weight excluding hydrogens is 250 g/mol. The van der Waals surface area contributed by atoms with E-state index < -0.39 is 5.54 Å². The van der Waals surface area contributed by atoms with Crippen LogP contribution in [0.15, 0.2) is 42.9 Å². The molecular formula is C16H23N3O. The summed E-state index contributed by atoms with van der Waals surface area (Å²) in [6, 6.07) is 10.4. The van der Waals surface area contributed by atoms with E-state index in [-0.39, 0.29) is 6.61 Å². The van der Waals surface area contributed by atoms with Gasteiger partial charge in [0.2, 0.25) is 0 Å². The molecule has 20 heavy (non-hydrogen) atoms. The second kappa shape index (κ2) is 6.20. The van der Waals surface area contributed by atoms with Gasteiger partial charge in [0.1, 0.15) is 0 Å². The highest BCUT2D eigenvalue weighted by Gasteiger charge is 2.25. The van der Waals surface area contributed by atoms with Gasteiger partial charge in [-0.1, -0.05) is 30.3 Å². The summed E-state index contributed by atoms with van der Waals surface area (Å²) in [4.78, 5) is 4.20. The molecule has 0 aliphatic heterocycles. The number of nitrogens with one attached hydrogen (secondary N) is 1. The zero-order valence-corrected chi connectivity index (χ0v) is 12.4. The van der Waals surface area contributed by atoms with E-state index in [1.54, 1.807) is 0 Å². The van der Waals surface area contributed by atoms with Gasteiger partial charge in [0.05, 0.1) is 24.2 Å². The van der Waals surface area contributed by atoms with E-state index in [9.17, 15) is 5.11 Å². The Morgan fingerprint density at radius 2 is 2.00 bits per heavy atom. The van der Waals surface area contributed by atoms with Gasteiger partial charge in [0.25, 0.3) is 0 Å². The fraction of sp³-hybridized carbons (Fsp3) is 0.438. The minimum Gasteiger partial charge on any atom is -0.394 e. The molecule has 1 atom stereocenters. The van der Waals surface area contributed by atoms with Gasteiger partial charge in [-0.05, 0) is 26.3 Å². The second-order valence-corrected chi connectivity index (χ2v) is 5.60. The average Bonchev–Trinajstić information content (AvgIpc) is 2.94. The van der Waals surface area contributed by atoms with Crippen molar-refractivity contribution in [2.75, 3.05) is 6.61 Å². The lowest BCUT2D eigenvalue weighted by atomic mass is 9.93. The van der Waals surface area contributed by atoms with E-state index in [4.69, 9.17) is 0 Å². The first-order valence-corrected chi connectivity index (χ1v) is 6.99. The molecule has 1 aromatic carbocycles. The number of rotatable bonds is 6. The van der Waals surface area contributed by atoms with Crippen molar-refractivity contribution < 1.29 is 5.11 Å². The second-order valence-electron chi connectivity index (χ2n) is 5.60. The molecule has 0 saturated heterocycles. The van der Waals surface area contributed by atoms with Crippen molar-refractivity contribution in [2.24, 2.45) is 0 Å². The molecule has 2 N–H and O–H groups in total. The monoisotopic (exact) mass is 273 g/mol. The summed E-state index contributed by atoms with van der Waals surface area (Å²) in [6.45, 7) is 7.00. The first kappa shape index (κ1) is 14.8. The highest BCUT2D eigenvalue weighted by Crippen LogP contribution is 2.21. The summed E-state index contributed by atoms with van der Waals surface area (Å²) in [6.07, 6.45) is 3.72. The molecule has 1 aromatic heterocycles. The molecule has 1 heterocycles. The number of aliphatic hydroxyl groups is 1. The number of nitrogens with zero attached hydrogens (tertiary/aromatic N) is 2. The summed E-state index contributed by atoms with van der Waals surface area (Å²) in [5, 5.41) is 13.2. The van der Waals surface area contributed by atoms with Gasteiger partial charge in [-0.2, -0.15) is 0 Å². The zero-order valence-electron chi connectivity index (χ0n) is 12.4. The molecule has 4 heteroatoms. The van der Waals surface area contributed by atoms with Gasteiger partial charge < -0.3 is 15.0 Å². The van der Waals surface area contributed by atoms with Gasteiger partial charge in [0, 0.05) is 18.8 Å². The number of aromatic nitrogens is 2. The molecule has 0 amide bonds. The van der Waals surface area contributed by atoms with Crippen LogP contribution in [0.5, 0.6) is 0 Å². The van der Waals surface area contributed by atoms with Crippen LogP contribution in [-0.2, 0) is 12.1 Å². The Bertz CT molecular complexity index is 536. The number of hydrogen-bond acceptors (Lipinski definition) is 3. The van der Waals surface area contributed by atoms with Crippen LogP contribution in [0, 0.1) is 0 Å². The fourth-order valence-electron chi connectivity index (χ4n) is 2.27. The molecule has 0 bridgehead atoms. The van der Waals surface area contributed by atoms with Crippen molar-refractivity contribution in [1.29, 1.82) is 0 Å². The third-order valence-electron chi connectivity index (χ3n) is 3.69. The average molecular weight is 273 g/mol. The molecule has 0 saturated carbocycles. The third kappa shape index (κ3) is 3.08. The lowest BCUT2D eigenvalue weighted by Crippen LogP contribution is -2.42. The summed E-state index contributed by atoms with van der Waals surface area (Å²) in [5.74, 6) is 0. The van der Waals surface area contributed by atoms with Gasteiger partial charge in [-0.3, -0.25) is 0 Å². The van der Waals surface area contributed by atoms with Gasteiger partial charge in [0.15, 0.2) is 0 Å². The zero-order chi connectivity index (χ0) is 14.6. The lowest BCUT2D eigenvalue weighted by Gasteiger charge is -2.30. The van der Waals surface area contributed by atoms with Gasteiger partial charge in [-0.25, -0.2) is 4.98 Å². The summed E-state index contributed by atoms with van der Waals surface area (Å²) < 4.78 is 2.13. The predicted molar refractivity (Wildman–Crippen MR) is 80.3 cm³/mol. The van der Waals surface area contributed by atoms with E-state index >= 15 is 0 Å². The van der Waals surface area contributed by atoms with Crippen molar-refractivity contribution in [3.8, 4) is 0 Å². The minimum absolute atomic E-state index is 0.0484. The first-order valence-electron chi connectivity index (χ1n) is 6.99. The van der Waals surface area contributed by atoms with E-state index in [1.807, 2.05) is 49.8 Å². The first-order chi connectivity index (χ1) is 9.57. The highest BCUT2D eigenvalue weighted by atomic mass is 16.3. The Balaban J connectivity index is 2.13. The number of benzene rings is 1. The van der Waals surface area contributed by atoms with E-state index in [0.29, 0.717) is 12.6 Å². The van der Waals surface area contributed by atoms with E-state index in [2.05, 4.69) is 28.7 Å². The van der Waals surface area contributed by atoms with Crippen molar-refractivity contribution >= 4 is 0 Å². The van der Waals surface area contributed by atoms with Crippen molar-refractivity contribution in [3.63, 3.8) is 0 Å². The van der Waals surface area contributed by atoms with Crippen LogP contribution >= 0.6 is 0 Å². The van der Waals surface area contributed by atoms with Crippen LogP contribution in [0.1, 0.15) is 38.1 Å². The van der Waals surface area contributed by atoms with Gasteiger partial charge >= 0.3 is 0 Å². The third-order valence-corrected chi connectivity index (χ3v) is 3.69. The van der Waals surface area contributed by atoms with E-state index in [0.717, 1.165) is 11.3 Å². The normalized spacial score (nSPS) is 14.4. The Labute approximate surface area is 120 Å². The van der Waals surface area contributed by atoms with Crippen molar-refractivity contribution in [2.45, 2.75) is 38.9 Å². The Kier molecular flexibility index (Phi) is 4.57. The lowest BCUT2D eigenvalue weighted by molar-refractivity contribution is 0.172. The molecule has 0 radical (unpaired) electrons. The maximum absolute atomic E-state index is 9.76. The van der Waals surface area contributed by atoms with E-state index in [1.165, 1.54) is 0 Å². The molecule has 2 rings (SSSR count). The standard InChI is InChI=1S/C16H23N3O/c1-13(2)19-12-17-9-15(19)10-18-16(3,11-20)14-7-5-4-6-8-14/h4-9,12-13,18,20H,10-11H2,1-3H3.